The van der Waals surface area contributed by atoms with E-state index in [0.29, 0.717) is 73.1 Å². The molecule has 12 heteroatoms. The molecule has 0 bridgehead atoms. The van der Waals surface area contributed by atoms with E-state index in [2.05, 4.69) is 15.6 Å². The first kappa shape index (κ1) is 34.5. The molecule has 2 amide bonds. The minimum absolute atomic E-state index is 0.0637. The predicted octanol–water partition coefficient (Wildman–Crippen LogP) is 6.99. The summed E-state index contributed by atoms with van der Waals surface area (Å²) < 4.78 is 56.8. The standard InChI is InChI=1S/C36H39F2N3O7/c1-36(2)32(34(42)40-23-9-7-22(37)8-10-23)33(36)35(43)41-24-11-12-29(26(38)19-24)48-28-13-14-39-27-21-31(47-18-6-16-45-4)30(20-25(27)28)46-17-5-15-44-3/h7-14,19-21,32-33H,5-6,15-18H2,1-4H3,(H,40,42)(H,41,43)/t32-,33+/m0/s1. The van der Waals surface area contributed by atoms with Gasteiger partial charge < -0.3 is 34.3 Å². The van der Waals surface area contributed by atoms with Crippen molar-refractivity contribution in [2.75, 3.05) is 51.3 Å². The third-order valence-electron chi connectivity index (χ3n) is 8.19. The monoisotopic (exact) mass is 663 g/mol. The molecule has 1 aromatic heterocycles. The topological polar surface area (TPSA) is 117 Å². The number of amides is 2. The Morgan fingerprint density at radius 1 is 0.729 bits per heavy atom. The van der Waals surface area contributed by atoms with Crippen LogP contribution in [0.5, 0.6) is 23.0 Å². The van der Waals surface area contributed by atoms with Gasteiger partial charge in [-0.2, -0.15) is 0 Å². The SMILES string of the molecule is COCCCOc1cc2nccc(Oc3ccc(NC(=O)[C@H]4[C@@H](C(=O)Nc5ccc(F)cc5)C4(C)C)cc3F)c2cc1OCCCOC. The lowest BCUT2D eigenvalue weighted by molar-refractivity contribution is -0.122. The van der Waals surface area contributed by atoms with Gasteiger partial charge in [-0.3, -0.25) is 14.6 Å². The molecule has 5 rings (SSSR count). The lowest BCUT2D eigenvalue weighted by atomic mass is 10.1. The number of methoxy groups -OCH3 is 2. The molecule has 0 saturated heterocycles. The van der Waals surface area contributed by atoms with E-state index in [9.17, 15) is 14.0 Å². The summed E-state index contributed by atoms with van der Waals surface area (Å²) >= 11 is 0. The van der Waals surface area contributed by atoms with Gasteiger partial charge in [-0.25, -0.2) is 8.78 Å². The Kier molecular flexibility index (Phi) is 11.1. The van der Waals surface area contributed by atoms with E-state index in [1.165, 1.54) is 36.4 Å². The van der Waals surface area contributed by atoms with Gasteiger partial charge >= 0.3 is 0 Å². The Bertz CT molecular complexity index is 1750. The second-order valence-electron chi connectivity index (χ2n) is 12.0. The third-order valence-corrected chi connectivity index (χ3v) is 8.19. The summed E-state index contributed by atoms with van der Waals surface area (Å²) in [5, 5.41) is 6.04. The highest BCUT2D eigenvalue weighted by Crippen LogP contribution is 2.59. The fourth-order valence-electron chi connectivity index (χ4n) is 5.58. The Balaban J connectivity index is 1.28. The van der Waals surface area contributed by atoms with Crippen molar-refractivity contribution in [1.82, 2.24) is 4.98 Å². The van der Waals surface area contributed by atoms with Crippen molar-refractivity contribution in [3.05, 3.63) is 78.5 Å². The number of ether oxygens (including phenoxy) is 5. The molecule has 0 unspecified atom stereocenters. The maximum Gasteiger partial charge on any atom is 0.228 e. The molecule has 0 spiro atoms. The molecule has 1 aliphatic carbocycles. The smallest absolute Gasteiger partial charge is 0.228 e. The van der Waals surface area contributed by atoms with Crippen LogP contribution in [0.1, 0.15) is 26.7 Å². The number of benzene rings is 3. The Labute approximate surface area is 277 Å². The number of aromatic nitrogens is 1. The molecular weight excluding hydrogens is 624 g/mol. The largest absolute Gasteiger partial charge is 0.490 e. The number of fused-ring (bicyclic) bond motifs is 1. The summed E-state index contributed by atoms with van der Waals surface area (Å²) in [5.74, 6) is -1.85. The molecule has 1 aliphatic rings. The van der Waals surface area contributed by atoms with E-state index in [1.54, 1.807) is 38.6 Å². The van der Waals surface area contributed by atoms with Crippen molar-refractivity contribution in [2.24, 2.45) is 17.3 Å². The number of carbonyl (C=O) groups is 2. The second kappa shape index (κ2) is 15.4. The lowest BCUT2D eigenvalue weighted by Crippen LogP contribution is -2.20. The average molecular weight is 664 g/mol. The highest BCUT2D eigenvalue weighted by atomic mass is 19.1. The summed E-state index contributed by atoms with van der Waals surface area (Å²) in [7, 11) is 3.25. The molecule has 1 heterocycles. The van der Waals surface area contributed by atoms with E-state index >= 15 is 4.39 Å². The fourth-order valence-corrected chi connectivity index (χ4v) is 5.58. The van der Waals surface area contributed by atoms with Crippen molar-refractivity contribution < 1.29 is 42.1 Å². The van der Waals surface area contributed by atoms with Crippen LogP contribution in [0, 0.1) is 28.9 Å². The molecule has 2 N–H and O–H groups in total. The van der Waals surface area contributed by atoms with Crippen molar-refractivity contribution in [2.45, 2.75) is 26.7 Å². The van der Waals surface area contributed by atoms with Gasteiger partial charge in [0.1, 0.15) is 11.6 Å². The van der Waals surface area contributed by atoms with Crippen molar-refractivity contribution in [1.29, 1.82) is 0 Å². The molecule has 1 saturated carbocycles. The van der Waals surface area contributed by atoms with Crippen LogP contribution in [0.25, 0.3) is 10.9 Å². The first-order valence-electron chi connectivity index (χ1n) is 15.6. The van der Waals surface area contributed by atoms with Gasteiger partial charge in [-0.15, -0.1) is 0 Å². The Hall–Kier alpha value is -4.81. The number of carbonyl (C=O) groups excluding carboxylic acids is 2. The van der Waals surface area contributed by atoms with Gasteiger partial charge in [0.05, 0.1) is 30.6 Å². The van der Waals surface area contributed by atoms with Crippen molar-refractivity contribution >= 4 is 34.1 Å². The van der Waals surface area contributed by atoms with E-state index < -0.39 is 34.8 Å². The minimum atomic E-state index is -0.701. The van der Waals surface area contributed by atoms with Crippen molar-refractivity contribution in [3.63, 3.8) is 0 Å². The average Bonchev–Trinajstić information content (AvgIpc) is 3.65. The Morgan fingerprint density at radius 2 is 1.31 bits per heavy atom. The molecule has 3 aromatic carbocycles. The van der Waals surface area contributed by atoms with Gasteiger partial charge in [-0.1, -0.05) is 13.8 Å². The number of halogens is 2. The maximum atomic E-state index is 15.4. The van der Waals surface area contributed by atoms with Gasteiger partial charge in [-0.05, 0) is 53.9 Å². The number of hydrogen-bond donors (Lipinski definition) is 2. The van der Waals surface area contributed by atoms with E-state index in [-0.39, 0.29) is 17.3 Å². The maximum absolute atomic E-state index is 15.4. The molecule has 2 atom stereocenters. The normalized spacial score (nSPS) is 16.3. The molecule has 0 aliphatic heterocycles. The highest BCUT2D eigenvalue weighted by molar-refractivity contribution is 6.04. The Morgan fingerprint density at radius 3 is 1.92 bits per heavy atom. The summed E-state index contributed by atoms with van der Waals surface area (Å²) in [4.78, 5) is 30.5. The van der Waals surface area contributed by atoms with Crippen LogP contribution in [0.3, 0.4) is 0 Å². The summed E-state index contributed by atoms with van der Waals surface area (Å²) in [6.45, 7) is 5.53. The minimum Gasteiger partial charge on any atom is -0.490 e. The third kappa shape index (κ3) is 8.18. The summed E-state index contributed by atoms with van der Waals surface area (Å²) in [6.07, 6.45) is 2.91. The lowest BCUT2D eigenvalue weighted by Gasteiger charge is -2.16. The number of hydrogen-bond acceptors (Lipinski definition) is 8. The van der Waals surface area contributed by atoms with Crippen LogP contribution in [0.2, 0.25) is 0 Å². The van der Waals surface area contributed by atoms with Crippen LogP contribution in [0.15, 0.2) is 66.9 Å². The predicted molar refractivity (Wildman–Crippen MR) is 177 cm³/mol. The quantitative estimate of drug-likeness (QED) is 0.123. The zero-order valence-corrected chi connectivity index (χ0v) is 27.3. The number of rotatable bonds is 16. The van der Waals surface area contributed by atoms with E-state index in [4.69, 9.17) is 23.7 Å². The van der Waals surface area contributed by atoms with E-state index in [1.807, 2.05) is 13.8 Å². The highest BCUT2D eigenvalue weighted by Gasteiger charge is 2.65. The molecule has 254 valence electrons. The van der Waals surface area contributed by atoms with Crippen LogP contribution < -0.4 is 24.8 Å². The van der Waals surface area contributed by atoms with Crippen molar-refractivity contribution in [3.8, 4) is 23.0 Å². The summed E-state index contributed by atoms with van der Waals surface area (Å²) in [5.41, 5.74) is 0.583. The summed E-state index contributed by atoms with van der Waals surface area (Å²) in [6, 6.07) is 14.6. The van der Waals surface area contributed by atoms with Crippen LogP contribution >= 0.6 is 0 Å². The fraction of sp³-hybridized carbons (Fsp3) is 0.361. The zero-order chi connectivity index (χ0) is 34.3. The molecule has 4 aromatic rings. The molecular formula is C36H39F2N3O7. The first-order chi connectivity index (χ1) is 23.1. The first-order valence-corrected chi connectivity index (χ1v) is 15.6. The van der Waals surface area contributed by atoms with Crippen LogP contribution in [-0.4, -0.2) is 57.4 Å². The molecule has 10 nitrogen and oxygen atoms in total. The van der Waals surface area contributed by atoms with E-state index in [0.717, 1.165) is 6.07 Å². The van der Waals surface area contributed by atoms with Gasteiger partial charge in [0.25, 0.3) is 0 Å². The number of anilines is 2. The molecule has 1 fully saturated rings. The van der Waals surface area contributed by atoms with Gasteiger partial charge in [0.15, 0.2) is 23.1 Å². The molecule has 0 radical (unpaired) electrons. The van der Waals surface area contributed by atoms with Gasteiger partial charge in [0, 0.05) is 75.4 Å². The number of nitrogens with zero attached hydrogens (tertiary/aromatic N) is 1. The number of pyridine rings is 1. The second-order valence-corrected chi connectivity index (χ2v) is 12.0. The number of nitrogens with one attached hydrogen (secondary N) is 2. The van der Waals surface area contributed by atoms with Gasteiger partial charge in [0.2, 0.25) is 11.8 Å². The van der Waals surface area contributed by atoms with Crippen LogP contribution in [0.4, 0.5) is 20.2 Å². The van der Waals surface area contributed by atoms with Crippen LogP contribution in [-0.2, 0) is 19.1 Å². The zero-order valence-electron chi connectivity index (χ0n) is 27.3. The molecule has 48 heavy (non-hydrogen) atoms.